The Labute approximate surface area is 155 Å². The first-order chi connectivity index (χ1) is 12.5. The van der Waals surface area contributed by atoms with E-state index in [9.17, 15) is 9.18 Å². The summed E-state index contributed by atoms with van der Waals surface area (Å²) in [5.41, 5.74) is 4.75. The third-order valence-electron chi connectivity index (χ3n) is 4.66. The molecule has 1 aliphatic rings. The van der Waals surface area contributed by atoms with Crippen LogP contribution in [0.2, 0.25) is 5.02 Å². The van der Waals surface area contributed by atoms with Gasteiger partial charge >= 0.3 is 0 Å². The molecule has 0 saturated carbocycles. The molecule has 0 aliphatic heterocycles. The molecule has 1 N–H and O–H groups in total. The van der Waals surface area contributed by atoms with Crippen molar-refractivity contribution in [1.29, 1.82) is 0 Å². The Morgan fingerprint density at radius 3 is 2.73 bits per heavy atom. The molecule has 0 spiro atoms. The molecule has 1 amide bonds. The molecule has 1 aromatic heterocycles. The van der Waals surface area contributed by atoms with Gasteiger partial charge in [-0.05, 0) is 68.1 Å². The van der Waals surface area contributed by atoms with E-state index in [-0.39, 0.29) is 11.7 Å². The average molecular weight is 370 g/mol. The van der Waals surface area contributed by atoms with Crippen LogP contribution in [0.5, 0.6) is 0 Å². The summed E-state index contributed by atoms with van der Waals surface area (Å²) in [7, 11) is 0. The van der Waals surface area contributed by atoms with Gasteiger partial charge in [-0.15, -0.1) is 0 Å². The molecule has 0 fully saturated rings. The van der Waals surface area contributed by atoms with Gasteiger partial charge in [-0.3, -0.25) is 4.79 Å². The number of aryl methyl sites for hydroxylation is 1. The minimum Gasteiger partial charge on any atom is -0.320 e. The van der Waals surface area contributed by atoms with Gasteiger partial charge < -0.3 is 5.32 Å². The Morgan fingerprint density at radius 1 is 1.19 bits per heavy atom. The summed E-state index contributed by atoms with van der Waals surface area (Å²) in [6, 6.07) is 11.5. The van der Waals surface area contributed by atoms with E-state index in [0.29, 0.717) is 16.4 Å². The number of hydrogen-bond donors (Lipinski definition) is 1. The van der Waals surface area contributed by atoms with Gasteiger partial charge in [0.25, 0.3) is 5.91 Å². The van der Waals surface area contributed by atoms with Crippen molar-refractivity contribution in [3.63, 3.8) is 0 Å². The van der Waals surface area contributed by atoms with E-state index in [4.69, 9.17) is 11.6 Å². The highest BCUT2D eigenvalue weighted by atomic mass is 35.5. The standard InChI is InChI=1S/C20H17ClFN3O/c1-12-5-6-13(21)11-17(12)23-20(26)19-16-3-2-4-18(16)25(24-19)15-9-7-14(22)8-10-15/h5-11H,2-4H2,1H3,(H,23,26). The second kappa shape index (κ2) is 6.57. The monoisotopic (exact) mass is 369 g/mol. The lowest BCUT2D eigenvalue weighted by Crippen LogP contribution is -2.15. The topological polar surface area (TPSA) is 46.9 Å². The van der Waals surface area contributed by atoms with Gasteiger partial charge in [0.15, 0.2) is 5.69 Å². The van der Waals surface area contributed by atoms with Crippen molar-refractivity contribution in [1.82, 2.24) is 9.78 Å². The summed E-state index contributed by atoms with van der Waals surface area (Å²) < 4.78 is 15.0. The van der Waals surface area contributed by atoms with Crippen LogP contribution in [0.25, 0.3) is 5.69 Å². The quantitative estimate of drug-likeness (QED) is 0.726. The Morgan fingerprint density at radius 2 is 1.96 bits per heavy atom. The molecular weight excluding hydrogens is 353 g/mol. The predicted molar refractivity (Wildman–Crippen MR) is 99.7 cm³/mol. The van der Waals surface area contributed by atoms with Crippen molar-refractivity contribution >= 4 is 23.2 Å². The van der Waals surface area contributed by atoms with Crippen molar-refractivity contribution in [2.24, 2.45) is 0 Å². The maximum Gasteiger partial charge on any atom is 0.276 e. The van der Waals surface area contributed by atoms with Gasteiger partial charge in [0.05, 0.1) is 5.69 Å². The van der Waals surface area contributed by atoms with Crippen LogP contribution in [0.4, 0.5) is 10.1 Å². The molecule has 0 radical (unpaired) electrons. The fraction of sp³-hybridized carbons (Fsp3) is 0.200. The molecule has 3 aromatic rings. The zero-order chi connectivity index (χ0) is 18.3. The summed E-state index contributed by atoms with van der Waals surface area (Å²) in [5.74, 6) is -0.554. The number of amides is 1. The summed E-state index contributed by atoms with van der Waals surface area (Å²) in [5, 5.41) is 8.00. The molecule has 0 atom stereocenters. The van der Waals surface area contributed by atoms with Gasteiger partial charge in [0.2, 0.25) is 0 Å². The zero-order valence-electron chi connectivity index (χ0n) is 14.2. The van der Waals surface area contributed by atoms with E-state index >= 15 is 0 Å². The van der Waals surface area contributed by atoms with Crippen LogP contribution in [-0.2, 0) is 12.8 Å². The van der Waals surface area contributed by atoms with E-state index < -0.39 is 0 Å². The van der Waals surface area contributed by atoms with E-state index in [0.717, 1.165) is 41.8 Å². The minimum atomic E-state index is -0.299. The summed E-state index contributed by atoms with van der Waals surface area (Å²) in [6.45, 7) is 1.91. The lowest BCUT2D eigenvalue weighted by atomic mass is 10.1. The zero-order valence-corrected chi connectivity index (χ0v) is 15.0. The van der Waals surface area contributed by atoms with Gasteiger partial charge in [0, 0.05) is 22.0 Å². The van der Waals surface area contributed by atoms with Crippen molar-refractivity contribution in [3.05, 3.63) is 75.8 Å². The minimum absolute atomic E-state index is 0.255. The van der Waals surface area contributed by atoms with Crippen LogP contribution >= 0.6 is 11.6 Å². The first-order valence-corrected chi connectivity index (χ1v) is 8.85. The number of aromatic nitrogens is 2. The van der Waals surface area contributed by atoms with Crippen LogP contribution in [0.15, 0.2) is 42.5 Å². The number of fused-ring (bicyclic) bond motifs is 1. The number of anilines is 1. The highest BCUT2D eigenvalue weighted by Gasteiger charge is 2.27. The molecule has 0 bridgehead atoms. The maximum absolute atomic E-state index is 13.2. The van der Waals surface area contributed by atoms with Crippen LogP contribution in [-0.4, -0.2) is 15.7 Å². The van der Waals surface area contributed by atoms with Crippen LogP contribution in [0, 0.1) is 12.7 Å². The Hall–Kier alpha value is -2.66. The number of benzene rings is 2. The second-order valence-corrected chi connectivity index (χ2v) is 6.87. The summed E-state index contributed by atoms with van der Waals surface area (Å²) in [4.78, 5) is 12.8. The number of halogens is 2. The largest absolute Gasteiger partial charge is 0.320 e. The number of nitrogens with one attached hydrogen (secondary N) is 1. The first kappa shape index (κ1) is 16.8. The molecule has 0 unspecified atom stereocenters. The van der Waals surface area contributed by atoms with Crippen LogP contribution in [0.1, 0.15) is 33.7 Å². The van der Waals surface area contributed by atoms with Crippen molar-refractivity contribution in [2.45, 2.75) is 26.2 Å². The van der Waals surface area contributed by atoms with Crippen LogP contribution in [0.3, 0.4) is 0 Å². The van der Waals surface area contributed by atoms with Crippen molar-refractivity contribution < 1.29 is 9.18 Å². The highest BCUT2D eigenvalue weighted by molar-refractivity contribution is 6.31. The maximum atomic E-state index is 13.2. The number of carbonyl (C=O) groups is 1. The Kier molecular flexibility index (Phi) is 4.24. The molecule has 4 rings (SSSR count). The van der Waals surface area contributed by atoms with Crippen molar-refractivity contribution in [3.8, 4) is 5.69 Å². The molecule has 2 aromatic carbocycles. The first-order valence-electron chi connectivity index (χ1n) is 8.47. The average Bonchev–Trinajstić information content (AvgIpc) is 3.21. The van der Waals surface area contributed by atoms with Gasteiger partial charge in [0.1, 0.15) is 5.82 Å². The lowest BCUT2D eigenvalue weighted by molar-refractivity contribution is 0.102. The molecule has 4 nitrogen and oxygen atoms in total. The van der Waals surface area contributed by atoms with Gasteiger partial charge in [-0.1, -0.05) is 17.7 Å². The number of hydrogen-bond acceptors (Lipinski definition) is 2. The molecule has 1 aliphatic carbocycles. The Balaban J connectivity index is 1.71. The van der Waals surface area contributed by atoms with E-state index in [1.54, 1.807) is 28.9 Å². The molecule has 132 valence electrons. The molecule has 1 heterocycles. The number of nitrogens with zero attached hydrogens (tertiary/aromatic N) is 2. The third kappa shape index (κ3) is 2.99. The molecular formula is C20H17ClFN3O. The SMILES string of the molecule is Cc1ccc(Cl)cc1NC(=O)c1nn(-c2ccc(F)cc2)c2c1CCC2. The predicted octanol–water partition coefficient (Wildman–Crippen LogP) is 4.71. The fourth-order valence-corrected chi connectivity index (χ4v) is 3.50. The summed E-state index contributed by atoms with van der Waals surface area (Å²) in [6.07, 6.45) is 2.64. The smallest absolute Gasteiger partial charge is 0.276 e. The van der Waals surface area contributed by atoms with Crippen molar-refractivity contribution in [2.75, 3.05) is 5.32 Å². The van der Waals surface area contributed by atoms with Gasteiger partial charge in [-0.2, -0.15) is 5.10 Å². The molecule has 26 heavy (non-hydrogen) atoms. The third-order valence-corrected chi connectivity index (χ3v) is 4.90. The van der Waals surface area contributed by atoms with E-state index in [2.05, 4.69) is 10.4 Å². The van der Waals surface area contributed by atoms with Gasteiger partial charge in [-0.25, -0.2) is 9.07 Å². The lowest BCUT2D eigenvalue weighted by Gasteiger charge is -2.08. The van der Waals surface area contributed by atoms with E-state index in [1.165, 1.54) is 12.1 Å². The van der Waals surface area contributed by atoms with E-state index in [1.807, 2.05) is 13.0 Å². The normalized spacial score (nSPS) is 12.9. The number of rotatable bonds is 3. The second-order valence-electron chi connectivity index (χ2n) is 6.43. The number of carbonyl (C=O) groups excluding carboxylic acids is 1. The highest BCUT2D eigenvalue weighted by Crippen LogP contribution is 2.29. The fourth-order valence-electron chi connectivity index (χ4n) is 3.33. The molecule has 6 heteroatoms. The summed E-state index contributed by atoms with van der Waals surface area (Å²) >= 11 is 6.04. The Bertz CT molecular complexity index is 995. The van der Waals surface area contributed by atoms with Crippen LogP contribution < -0.4 is 5.32 Å². The molecule has 0 saturated heterocycles.